The van der Waals surface area contributed by atoms with Crippen LogP contribution in [-0.4, -0.2) is 19.3 Å². The molecule has 0 aromatic heterocycles. The van der Waals surface area contributed by atoms with E-state index in [2.05, 4.69) is 0 Å². The van der Waals surface area contributed by atoms with Gasteiger partial charge in [-0.05, 0) is 25.0 Å². The number of ether oxygens (including phenoxy) is 1. The Morgan fingerprint density at radius 3 is 2.67 bits per heavy atom. The lowest BCUT2D eigenvalue weighted by atomic mass is 9.95. The zero-order chi connectivity index (χ0) is 11.5. The SMILES string of the molecule is COCC(C)(N)Cc1cccc(Cl)c1Cl. The normalized spacial score (nSPS) is 15.0. The molecule has 0 bridgehead atoms. The predicted octanol–water partition coefficient (Wildman–Crippen LogP) is 2.90. The molecule has 84 valence electrons. The number of hydrogen-bond acceptors (Lipinski definition) is 2. The third-order valence-corrected chi connectivity index (χ3v) is 2.96. The van der Waals surface area contributed by atoms with Crippen molar-refractivity contribution in [1.82, 2.24) is 0 Å². The predicted molar refractivity (Wildman–Crippen MR) is 64.6 cm³/mol. The highest BCUT2D eigenvalue weighted by Crippen LogP contribution is 2.27. The third kappa shape index (κ3) is 3.65. The minimum absolute atomic E-state index is 0.428. The van der Waals surface area contributed by atoms with Crippen LogP contribution >= 0.6 is 23.2 Å². The molecule has 1 aromatic rings. The van der Waals surface area contributed by atoms with Crippen LogP contribution in [0.2, 0.25) is 10.0 Å². The molecule has 4 heteroatoms. The van der Waals surface area contributed by atoms with Gasteiger partial charge in [-0.1, -0.05) is 35.3 Å². The molecule has 2 nitrogen and oxygen atoms in total. The molecule has 1 aromatic carbocycles. The lowest BCUT2D eigenvalue weighted by Gasteiger charge is -2.24. The first kappa shape index (κ1) is 12.8. The summed E-state index contributed by atoms with van der Waals surface area (Å²) in [6, 6.07) is 5.55. The van der Waals surface area contributed by atoms with Crippen molar-refractivity contribution in [2.24, 2.45) is 5.73 Å². The fourth-order valence-corrected chi connectivity index (χ4v) is 1.89. The molecule has 0 aliphatic rings. The Morgan fingerprint density at radius 2 is 2.07 bits per heavy atom. The molecule has 0 fully saturated rings. The number of benzene rings is 1. The Labute approximate surface area is 100 Å². The monoisotopic (exact) mass is 247 g/mol. The van der Waals surface area contributed by atoms with Crippen LogP contribution in [0.25, 0.3) is 0 Å². The second-order valence-electron chi connectivity index (χ2n) is 3.98. The van der Waals surface area contributed by atoms with E-state index in [-0.39, 0.29) is 0 Å². The van der Waals surface area contributed by atoms with Gasteiger partial charge in [0.15, 0.2) is 0 Å². The standard InChI is InChI=1S/C11H15Cl2NO/c1-11(14,7-15-2)6-8-4-3-5-9(12)10(8)13/h3-5H,6-7,14H2,1-2H3. The van der Waals surface area contributed by atoms with Crippen molar-refractivity contribution in [3.63, 3.8) is 0 Å². The molecule has 0 aliphatic heterocycles. The molecule has 0 amide bonds. The lowest BCUT2D eigenvalue weighted by Crippen LogP contribution is -2.43. The van der Waals surface area contributed by atoms with Gasteiger partial charge in [-0.2, -0.15) is 0 Å². The van der Waals surface area contributed by atoms with Gasteiger partial charge in [-0.3, -0.25) is 0 Å². The second-order valence-corrected chi connectivity index (χ2v) is 4.76. The van der Waals surface area contributed by atoms with Gasteiger partial charge in [0.2, 0.25) is 0 Å². The zero-order valence-corrected chi connectivity index (χ0v) is 10.4. The Hall–Kier alpha value is -0.280. The molecule has 1 unspecified atom stereocenters. The van der Waals surface area contributed by atoms with Gasteiger partial charge in [0.1, 0.15) is 0 Å². The Balaban J connectivity index is 2.85. The third-order valence-electron chi connectivity index (χ3n) is 2.10. The molecule has 0 saturated heterocycles. The van der Waals surface area contributed by atoms with Gasteiger partial charge in [-0.25, -0.2) is 0 Å². The van der Waals surface area contributed by atoms with E-state index in [4.69, 9.17) is 33.7 Å². The second kappa shape index (κ2) is 5.17. The van der Waals surface area contributed by atoms with E-state index >= 15 is 0 Å². The number of methoxy groups -OCH3 is 1. The molecule has 1 rings (SSSR count). The molecular formula is C11H15Cl2NO. The summed E-state index contributed by atoms with van der Waals surface area (Å²) < 4.78 is 5.05. The summed E-state index contributed by atoms with van der Waals surface area (Å²) in [7, 11) is 1.63. The summed E-state index contributed by atoms with van der Waals surface area (Å²) >= 11 is 12.0. The maximum Gasteiger partial charge on any atom is 0.0642 e. The minimum atomic E-state index is -0.428. The summed E-state index contributed by atoms with van der Waals surface area (Å²) in [6.07, 6.45) is 0.639. The Morgan fingerprint density at radius 1 is 1.40 bits per heavy atom. The van der Waals surface area contributed by atoms with Gasteiger partial charge in [0.05, 0.1) is 16.7 Å². The van der Waals surface area contributed by atoms with Crippen LogP contribution in [0.5, 0.6) is 0 Å². The summed E-state index contributed by atoms with van der Waals surface area (Å²) in [5.41, 5.74) is 6.57. The van der Waals surface area contributed by atoms with E-state index in [0.717, 1.165) is 5.56 Å². The highest BCUT2D eigenvalue weighted by atomic mass is 35.5. The number of rotatable bonds is 4. The first-order valence-corrected chi connectivity index (χ1v) is 5.42. The van der Waals surface area contributed by atoms with Crippen molar-refractivity contribution >= 4 is 23.2 Å². The van der Waals surface area contributed by atoms with Crippen LogP contribution in [0.3, 0.4) is 0 Å². The van der Waals surface area contributed by atoms with Crippen molar-refractivity contribution in [2.75, 3.05) is 13.7 Å². The van der Waals surface area contributed by atoms with E-state index in [1.54, 1.807) is 13.2 Å². The zero-order valence-electron chi connectivity index (χ0n) is 8.89. The molecule has 0 spiro atoms. The van der Waals surface area contributed by atoms with E-state index in [1.165, 1.54) is 0 Å². The van der Waals surface area contributed by atoms with Crippen LogP contribution in [0.4, 0.5) is 0 Å². The molecule has 0 aliphatic carbocycles. The number of hydrogen-bond donors (Lipinski definition) is 1. The molecule has 2 N–H and O–H groups in total. The van der Waals surface area contributed by atoms with Crippen molar-refractivity contribution in [2.45, 2.75) is 18.9 Å². The fourth-order valence-electron chi connectivity index (χ4n) is 1.50. The van der Waals surface area contributed by atoms with Crippen molar-refractivity contribution in [1.29, 1.82) is 0 Å². The van der Waals surface area contributed by atoms with Gasteiger partial charge < -0.3 is 10.5 Å². The van der Waals surface area contributed by atoms with Gasteiger partial charge in [0.25, 0.3) is 0 Å². The summed E-state index contributed by atoms with van der Waals surface area (Å²) in [4.78, 5) is 0. The van der Waals surface area contributed by atoms with Crippen molar-refractivity contribution in [3.05, 3.63) is 33.8 Å². The number of halogens is 2. The summed E-state index contributed by atoms with van der Waals surface area (Å²) in [5, 5.41) is 1.13. The van der Waals surface area contributed by atoms with Crippen molar-refractivity contribution < 1.29 is 4.74 Å². The quantitative estimate of drug-likeness (QED) is 0.889. The lowest BCUT2D eigenvalue weighted by molar-refractivity contribution is 0.141. The van der Waals surface area contributed by atoms with Gasteiger partial charge in [0, 0.05) is 12.6 Å². The van der Waals surface area contributed by atoms with Crippen molar-refractivity contribution in [3.8, 4) is 0 Å². The maximum absolute atomic E-state index is 6.07. The Kier molecular flexibility index (Phi) is 4.41. The van der Waals surface area contributed by atoms with Gasteiger partial charge >= 0.3 is 0 Å². The number of nitrogens with two attached hydrogens (primary N) is 1. The van der Waals surface area contributed by atoms with E-state index in [1.807, 2.05) is 19.1 Å². The molecule has 0 radical (unpaired) electrons. The maximum atomic E-state index is 6.07. The highest BCUT2D eigenvalue weighted by molar-refractivity contribution is 6.42. The summed E-state index contributed by atoms with van der Waals surface area (Å²) in [6.45, 7) is 2.41. The van der Waals surface area contributed by atoms with E-state index in [0.29, 0.717) is 23.1 Å². The van der Waals surface area contributed by atoms with Crippen LogP contribution in [0.15, 0.2) is 18.2 Å². The topological polar surface area (TPSA) is 35.2 Å². The average Bonchev–Trinajstić information content (AvgIpc) is 2.12. The van der Waals surface area contributed by atoms with Crippen LogP contribution < -0.4 is 5.73 Å². The summed E-state index contributed by atoms with van der Waals surface area (Å²) in [5.74, 6) is 0. The highest BCUT2D eigenvalue weighted by Gasteiger charge is 2.20. The Bertz CT molecular complexity index is 339. The van der Waals surface area contributed by atoms with E-state index < -0.39 is 5.54 Å². The largest absolute Gasteiger partial charge is 0.383 e. The molecule has 0 heterocycles. The molecule has 0 saturated carbocycles. The average molecular weight is 248 g/mol. The minimum Gasteiger partial charge on any atom is -0.383 e. The van der Waals surface area contributed by atoms with Crippen LogP contribution in [0, 0.1) is 0 Å². The molecule has 15 heavy (non-hydrogen) atoms. The van der Waals surface area contributed by atoms with Gasteiger partial charge in [-0.15, -0.1) is 0 Å². The van der Waals surface area contributed by atoms with E-state index in [9.17, 15) is 0 Å². The van der Waals surface area contributed by atoms with Crippen LogP contribution in [-0.2, 0) is 11.2 Å². The fraction of sp³-hybridized carbons (Fsp3) is 0.455. The van der Waals surface area contributed by atoms with Crippen LogP contribution in [0.1, 0.15) is 12.5 Å². The first-order chi connectivity index (χ1) is 6.96. The molecule has 1 atom stereocenters. The smallest absolute Gasteiger partial charge is 0.0642 e. The molecular weight excluding hydrogens is 233 g/mol. The first-order valence-electron chi connectivity index (χ1n) is 4.67.